The van der Waals surface area contributed by atoms with Gasteiger partial charge in [-0.3, -0.25) is 5.32 Å². The fraction of sp³-hybridized carbons (Fsp3) is 0.0714. The zero-order chi connectivity index (χ0) is 15.2. The Hall–Kier alpha value is -2.60. The number of nitrogens with one attached hydrogen (secondary N) is 1. The van der Waals surface area contributed by atoms with Crippen molar-refractivity contribution >= 4 is 29.5 Å². The minimum absolute atomic E-state index is 0.0200. The summed E-state index contributed by atoms with van der Waals surface area (Å²) in [6.07, 6.45) is 0.373. The van der Waals surface area contributed by atoms with E-state index in [-0.39, 0.29) is 23.0 Å². The van der Waals surface area contributed by atoms with Gasteiger partial charge in [-0.25, -0.2) is 14.6 Å². The third-order valence-electron chi connectivity index (χ3n) is 2.52. The average molecular weight is 307 g/mol. The van der Waals surface area contributed by atoms with Crippen molar-refractivity contribution < 1.29 is 19.4 Å². The van der Waals surface area contributed by atoms with Gasteiger partial charge in [-0.1, -0.05) is 41.9 Å². The first-order chi connectivity index (χ1) is 10.1. The van der Waals surface area contributed by atoms with Crippen LogP contribution in [-0.2, 0) is 11.3 Å². The SMILES string of the molecule is O=C(Nc1ncc(C(=O)O)cc1Cl)OCc1ccccc1. The molecule has 0 saturated heterocycles. The number of benzene rings is 1. The number of amides is 1. The highest BCUT2D eigenvalue weighted by atomic mass is 35.5. The Balaban J connectivity index is 1.95. The van der Waals surface area contributed by atoms with Gasteiger partial charge >= 0.3 is 12.1 Å². The molecule has 0 atom stereocenters. The normalized spacial score (nSPS) is 9.95. The van der Waals surface area contributed by atoms with Crippen molar-refractivity contribution in [1.82, 2.24) is 4.98 Å². The van der Waals surface area contributed by atoms with Gasteiger partial charge < -0.3 is 9.84 Å². The van der Waals surface area contributed by atoms with Crippen molar-refractivity contribution in [2.45, 2.75) is 6.61 Å². The van der Waals surface area contributed by atoms with Crippen molar-refractivity contribution in [3.63, 3.8) is 0 Å². The maximum Gasteiger partial charge on any atom is 0.413 e. The molecule has 1 aromatic carbocycles. The molecule has 1 aromatic heterocycles. The number of carbonyl (C=O) groups excluding carboxylic acids is 1. The van der Waals surface area contributed by atoms with Crippen molar-refractivity contribution in [3.8, 4) is 0 Å². The molecule has 1 amide bonds. The number of rotatable bonds is 4. The van der Waals surface area contributed by atoms with E-state index >= 15 is 0 Å². The highest BCUT2D eigenvalue weighted by Crippen LogP contribution is 2.20. The van der Waals surface area contributed by atoms with Crippen molar-refractivity contribution in [2.24, 2.45) is 0 Å². The summed E-state index contributed by atoms with van der Waals surface area (Å²) in [5, 5.41) is 11.2. The van der Waals surface area contributed by atoms with E-state index in [0.29, 0.717) is 0 Å². The minimum Gasteiger partial charge on any atom is -0.478 e. The van der Waals surface area contributed by atoms with E-state index in [4.69, 9.17) is 21.4 Å². The lowest BCUT2D eigenvalue weighted by atomic mass is 10.2. The van der Waals surface area contributed by atoms with Gasteiger partial charge in [0.2, 0.25) is 0 Å². The predicted molar refractivity (Wildman–Crippen MR) is 76.5 cm³/mol. The van der Waals surface area contributed by atoms with Gasteiger partial charge in [-0.2, -0.15) is 0 Å². The Morgan fingerprint density at radius 2 is 2.00 bits per heavy atom. The summed E-state index contributed by atoms with van der Waals surface area (Å²) in [5.41, 5.74) is 0.774. The number of carboxylic acids is 1. The van der Waals surface area contributed by atoms with Crippen molar-refractivity contribution in [2.75, 3.05) is 5.32 Å². The molecule has 0 aliphatic carbocycles. The molecular formula is C14H11ClN2O4. The number of aromatic nitrogens is 1. The van der Waals surface area contributed by atoms with Crippen LogP contribution < -0.4 is 5.32 Å². The average Bonchev–Trinajstić information content (AvgIpc) is 2.48. The molecule has 2 aromatic rings. The fourth-order valence-corrected chi connectivity index (χ4v) is 1.72. The third kappa shape index (κ3) is 4.19. The molecule has 7 heteroatoms. The molecule has 2 rings (SSSR count). The van der Waals surface area contributed by atoms with Crippen LogP contribution in [0.3, 0.4) is 0 Å². The van der Waals surface area contributed by atoms with Crippen LogP contribution in [-0.4, -0.2) is 22.2 Å². The molecule has 0 bridgehead atoms. The Morgan fingerprint density at radius 3 is 2.62 bits per heavy atom. The number of hydrogen-bond acceptors (Lipinski definition) is 4. The molecule has 0 radical (unpaired) electrons. The Morgan fingerprint density at radius 1 is 1.29 bits per heavy atom. The Kier molecular flexibility index (Phi) is 4.73. The first-order valence-electron chi connectivity index (χ1n) is 5.93. The lowest BCUT2D eigenvalue weighted by Crippen LogP contribution is -2.15. The number of pyridine rings is 1. The highest BCUT2D eigenvalue weighted by molar-refractivity contribution is 6.33. The van der Waals surface area contributed by atoms with E-state index in [2.05, 4.69) is 10.3 Å². The zero-order valence-corrected chi connectivity index (χ0v) is 11.5. The van der Waals surface area contributed by atoms with Gasteiger partial charge in [-0.15, -0.1) is 0 Å². The number of aromatic carboxylic acids is 1. The van der Waals surface area contributed by atoms with Crippen LogP contribution in [0.2, 0.25) is 5.02 Å². The van der Waals surface area contributed by atoms with Crippen LogP contribution in [0.4, 0.5) is 10.6 Å². The third-order valence-corrected chi connectivity index (χ3v) is 2.81. The second kappa shape index (κ2) is 6.71. The molecule has 21 heavy (non-hydrogen) atoms. The number of halogens is 1. The lowest BCUT2D eigenvalue weighted by molar-refractivity contribution is 0.0696. The lowest BCUT2D eigenvalue weighted by Gasteiger charge is -2.08. The fourth-order valence-electron chi connectivity index (χ4n) is 1.50. The zero-order valence-electron chi connectivity index (χ0n) is 10.7. The van der Waals surface area contributed by atoms with Gasteiger partial charge in [-0.05, 0) is 11.6 Å². The monoisotopic (exact) mass is 306 g/mol. The van der Waals surface area contributed by atoms with E-state index in [1.54, 1.807) is 0 Å². The molecule has 2 N–H and O–H groups in total. The number of nitrogens with zero attached hydrogens (tertiary/aromatic N) is 1. The molecule has 1 heterocycles. The van der Waals surface area contributed by atoms with Crippen LogP contribution in [0.1, 0.15) is 15.9 Å². The molecular weight excluding hydrogens is 296 g/mol. The molecule has 0 spiro atoms. The Bertz CT molecular complexity index is 661. The summed E-state index contributed by atoms with van der Waals surface area (Å²) < 4.78 is 5.00. The standard InChI is InChI=1S/C14H11ClN2O4/c15-11-6-10(13(18)19)7-16-12(11)17-14(20)21-8-9-4-2-1-3-5-9/h1-7H,8H2,(H,18,19)(H,16,17,20). The number of anilines is 1. The van der Waals surface area contributed by atoms with E-state index in [1.165, 1.54) is 6.07 Å². The molecule has 0 aliphatic rings. The molecule has 6 nitrogen and oxygen atoms in total. The van der Waals surface area contributed by atoms with Gasteiger partial charge in [0.1, 0.15) is 6.61 Å². The maximum atomic E-state index is 11.6. The van der Waals surface area contributed by atoms with Gasteiger partial charge in [0.15, 0.2) is 5.82 Å². The molecule has 108 valence electrons. The van der Waals surface area contributed by atoms with Gasteiger partial charge in [0.25, 0.3) is 0 Å². The summed E-state index contributed by atoms with van der Waals surface area (Å²) in [4.78, 5) is 26.1. The topological polar surface area (TPSA) is 88.5 Å². The van der Waals surface area contributed by atoms with Crippen LogP contribution in [0.5, 0.6) is 0 Å². The Labute approximate surface area is 125 Å². The first kappa shape index (κ1) is 14.8. The highest BCUT2D eigenvalue weighted by Gasteiger charge is 2.11. The van der Waals surface area contributed by atoms with Crippen LogP contribution in [0.15, 0.2) is 42.6 Å². The van der Waals surface area contributed by atoms with E-state index in [0.717, 1.165) is 11.8 Å². The maximum absolute atomic E-state index is 11.6. The molecule has 0 saturated carbocycles. The summed E-state index contributed by atoms with van der Waals surface area (Å²) in [7, 11) is 0. The van der Waals surface area contributed by atoms with Gasteiger partial charge in [0.05, 0.1) is 10.6 Å². The first-order valence-corrected chi connectivity index (χ1v) is 6.30. The second-order valence-electron chi connectivity index (χ2n) is 4.05. The van der Waals surface area contributed by atoms with Crippen molar-refractivity contribution in [1.29, 1.82) is 0 Å². The molecule has 0 unspecified atom stereocenters. The largest absolute Gasteiger partial charge is 0.478 e. The van der Waals surface area contributed by atoms with E-state index < -0.39 is 12.1 Å². The number of ether oxygens (including phenoxy) is 1. The summed E-state index contributed by atoms with van der Waals surface area (Å²) in [6.45, 7) is 0.109. The molecule has 0 fully saturated rings. The number of hydrogen-bond donors (Lipinski definition) is 2. The number of carbonyl (C=O) groups is 2. The van der Waals surface area contributed by atoms with E-state index in [9.17, 15) is 9.59 Å². The van der Waals surface area contributed by atoms with Crippen molar-refractivity contribution in [3.05, 3.63) is 58.7 Å². The predicted octanol–water partition coefficient (Wildman–Crippen LogP) is 3.18. The quantitative estimate of drug-likeness (QED) is 0.905. The molecule has 0 aliphatic heterocycles. The van der Waals surface area contributed by atoms with Gasteiger partial charge in [0, 0.05) is 6.20 Å². The van der Waals surface area contributed by atoms with Crippen LogP contribution in [0, 0.1) is 0 Å². The number of carboxylic acid groups (broad SMARTS) is 1. The smallest absolute Gasteiger partial charge is 0.413 e. The summed E-state index contributed by atoms with van der Waals surface area (Å²) in [6, 6.07) is 10.4. The summed E-state index contributed by atoms with van der Waals surface area (Å²) in [5.74, 6) is -1.11. The van der Waals surface area contributed by atoms with Crippen LogP contribution in [0.25, 0.3) is 0 Å². The minimum atomic E-state index is -1.15. The second-order valence-corrected chi connectivity index (χ2v) is 4.45. The van der Waals surface area contributed by atoms with Crippen LogP contribution >= 0.6 is 11.6 Å². The van der Waals surface area contributed by atoms with E-state index in [1.807, 2.05) is 30.3 Å². The summed E-state index contributed by atoms with van der Waals surface area (Å²) >= 11 is 5.84.